The molecule has 0 heterocycles. The highest BCUT2D eigenvalue weighted by Gasteiger charge is 2.14. The fourth-order valence-electron chi connectivity index (χ4n) is 2.47. The number of hydrogen-bond acceptors (Lipinski definition) is 5. The molecule has 160 valence electrons. The van der Waals surface area contributed by atoms with Crippen LogP contribution in [-0.2, 0) is 0 Å². The predicted molar refractivity (Wildman–Crippen MR) is 128 cm³/mol. The molecule has 9 heteroatoms. The molecule has 0 aromatic heterocycles. The van der Waals surface area contributed by atoms with Crippen molar-refractivity contribution in [2.24, 2.45) is 4.99 Å². The Balaban J connectivity index is 0.00000420. The van der Waals surface area contributed by atoms with Gasteiger partial charge in [-0.1, -0.05) is 23.7 Å². The van der Waals surface area contributed by atoms with E-state index in [0.717, 1.165) is 5.69 Å². The Labute approximate surface area is 193 Å². The number of nitrogens with one attached hydrogen (secondary N) is 2. The quantitative estimate of drug-likeness (QED) is 0.214. The van der Waals surface area contributed by atoms with Gasteiger partial charge in [-0.15, -0.1) is 24.0 Å². The molecule has 0 bridgehead atoms. The average Bonchev–Trinajstić information content (AvgIpc) is 2.71. The molecule has 0 saturated carbocycles. The van der Waals surface area contributed by atoms with Crippen molar-refractivity contribution in [3.05, 3.63) is 41.4 Å². The fourth-order valence-corrected chi connectivity index (χ4v) is 2.66. The van der Waals surface area contributed by atoms with Crippen molar-refractivity contribution in [2.75, 3.05) is 46.3 Å². The van der Waals surface area contributed by atoms with E-state index in [9.17, 15) is 0 Å². The number of anilines is 1. The van der Waals surface area contributed by atoms with E-state index in [4.69, 9.17) is 30.5 Å². The first-order chi connectivity index (χ1) is 13.6. The van der Waals surface area contributed by atoms with Gasteiger partial charge in [0.2, 0.25) is 5.75 Å². The van der Waals surface area contributed by atoms with E-state index in [-0.39, 0.29) is 24.0 Å². The lowest BCUT2D eigenvalue weighted by Gasteiger charge is -2.16. The maximum Gasteiger partial charge on any atom is 0.203 e. The number of methoxy groups -OCH3 is 3. The monoisotopic (exact) mass is 535 g/mol. The van der Waals surface area contributed by atoms with Crippen LogP contribution >= 0.6 is 35.6 Å². The Bertz CT molecular complexity index is 780. The van der Waals surface area contributed by atoms with Crippen LogP contribution in [-0.4, -0.2) is 47.0 Å². The van der Waals surface area contributed by atoms with Crippen LogP contribution in [0, 0.1) is 0 Å². The number of para-hydroxylation sites is 1. The molecule has 2 N–H and O–H groups in total. The normalized spacial score (nSPS) is 10.6. The number of nitrogens with zero attached hydrogens (tertiary/aromatic N) is 1. The summed E-state index contributed by atoms with van der Waals surface area (Å²) in [6, 6.07) is 11.0. The van der Waals surface area contributed by atoms with Gasteiger partial charge in [0.05, 0.1) is 32.9 Å². The molecule has 0 aliphatic carbocycles. The van der Waals surface area contributed by atoms with Crippen LogP contribution in [0.1, 0.15) is 6.92 Å². The number of benzene rings is 2. The lowest BCUT2D eigenvalue weighted by molar-refractivity contribution is 0.324. The largest absolute Gasteiger partial charge is 0.493 e. The molecule has 7 nitrogen and oxygen atoms in total. The first kappa shape index (κ1) is 25.0. The molecule has 0 unspecified atom stereocenters. The molecule has 2 rings (SSSR count). The molecule has 2 aromatic carbocycles. The van der Waals surface area contributed by atoms with Gasteiger partial charge in [-0.05, 0) is 19.1 Å². The van der Waals surface area contributed by atoms with Gasteiger partial charge in [0.1, 0.15) is 12.4 Å². The van der Waals surface area contributed by atoms with E-state index in [1.54, 1.807) is 27.4 Å². The topological polar surface area (TPSA) is 73.3 Å². The summed E-state index contributed by atoms with van der Waals surface area (Å²) in [5, 5.41) is 7.00. The van der Waals surface area contributed by atoms with E-state index >= 15 is 0 Å². The minimum Gasteiger partial charge on any atom is -0.493 e. The Morgan fingerprint density at radius 2 is 1.66 bits per heavy atom. The van der Waals surface area contributed by atoms with Crippen LogP contribution in [0.25, 0.3) is 0 Å². The Morgan fingerprint density at radius 1 is 1.00 bits per heavy atom. The van der Waals surface area contributed by atoms with Gasteiger partial charge in [-0.2, -0.15) is 0 Å². The standard InChI is InChI=1S/C20H26ClN3O4.HI/c1-5-22-20(23-10-11-28-16-9-7-6-8-15(16)21)24-14-12-17(25-2)19(27-4)18(13-14)26-3;/h6-9,12-13H,5,10-11H2,1-4H3,(H2,22,23,24);1H. The highest BCUT2D eigenvalue weighted by atomic mass is 127. The number of aliphatic imine (C=N–C) groups is 1. The third kappa shape index (κ3) is 7.36. The van der Waals surface area contributed by atoms with Crippen molar-refractivity contribution in [3.8, 4) is 23.0 Å². The number of rotatable bonds is 9. The molecule has 0 aliphatic rings. The van der Waals surface area contributed by atoms with Crippen LogP contribution in [0.3, 0.4) is 0 Å². The van der Waals surface area contributed by atoms with E-state index in [2.05, 4.69) is 15.6 Å². The first-order valence-corrected chi connectivity index (χ1v) is 9.23. The van der Waals surface area contributed by atoms with E-state index in [1.807, 2.05) is 37.3 Å². The Morgan fingerprint density at radius 3 is 2.21 bits per heavy atom. The lowest BCUT2D eigenvalue weighted by atomic mass is 10.2. The number of halogens is 2. The van der Waals surface area contributed by atoms with Crippen molar-refractivity contribution in [2.45, 2.75) is 6.92 Å². The molecule has 0 saturated heterocycles. The van der Waals surface area contributed by atoms with Gasteiger partial charge < -0.3 is 29.6 Å². The molecule has 0 aliphatic heterocycles. The first-order valence-electron chi connectivity index (χ1n) is 8.85. The summed E-state index contributed by atoms with van der Waals surface area (Å²) in [6.45, 7) is 3.55. The molecular formula is C20H27ClIN3O4. The maximum atomic E-state index is 6.09. The second kappa shape index (κ2) is 13.2. The number of guanidine groups is 1. The van der Waals surface area contributed by atoms with Crippen molar-refractivity contribution < 1.29 is 18.9 Å². The summed E-state index contributed by atoms with van der Waals surface area (Å²) in [6.07, 6.45) is 0. The van der Waals surface area contributed by atoms with Crippen molar-refractivity contribution in [1.29, 1.82) is 0 Å². The molecular weight excluding hydrogens is 509 g/mol. The van der Waals surface area contributed by atoms with E-state index in [1.165, 1.54) is 0 Å². The average molecular weight is 536 g/mol. The third-order valence-corrected chi connectivity index (χ3v) is 4.04. The smallest absolute Gasteiger partial charge is 0.203 e. The van der Waals surface area contributed by atoms with Crippen LogP contribution in [0.5, 0.6) is 23.0 Å². The third-order valence-electron chi connectivity index (χ3n) is 3.73. The van der Waals surface area contributed by atoms with Gasteiger partial charge in [0.15, 0.2) is 17.5 Å². The minimum absolute atomic E-state index is 0. The summed E-state index contributed by atoms with van der Waals surface area (Å²) < 4.78 is 21.8. The number of ether oxygens (including phenoxy) is 4. The van der Waals surface area contributed by atoms with E-state index < -0.39 is 0 Å². The van der Waals surface area contributed by atoms with Gasteiger partial charge in [-0.25, -0.2) is 4.99 Å². The minimum atomic E-state index is 0. The van der Waals surface area contributed by atoms with Crippen LogP contribution in [0.2, 0.25) is 5.02 Å². The van der Waals surface area contributed by atoms with Crippen LogP contribution in [0.15, 0.2) is 41.4 Å². The molecule has 0 radical (unpaired) electrons. The highest BCUT2D eigenvalue weighted by Crippen LogP contribution is 2.39. The zero-order chi connectivity index (χ0) is 20.4. The highest BCUT2D eigenvalue weighted by molar-refractivity contribution is 14.0. The number of hydrogen-bond donors (Lipinski definition) is 2. The SMILES string of the molecule is CCNC(=NCCOc1ccccc1Cl)Nc1cc(OC)c(OC)c(OC)c1.I. The molecule has 0 fully saturated rings. The van der Waals surface area contributed by atoms with Crippen LogP contribution in [0.4, 0.5) is 5.69 Å². The Hall–Kier alpha value is -2.07. The maximum absolute atomic E-state index is 6.09. The molecule has 0 spiro atoms. The van der Waals surface area contributed by atoms with Crippen LogP contribution < -0.4 is 29.6 Å². The van der Waals surface area contributed by atoms with Gasteiger partial charge in [-0.3, -0.25) is 0 Å². The summed E-state index contributed by atoms with van der Waals surface area (Å²) in [5.41, 5.74) is 0.751. The van der Waals surface area contributed by atoms with Gasteiger partial charge >= 0.3 is 0 Å². The zero-order valence-electron chi connectivity index (χ0n) is 17.0. The summed E-state index contributed by atoms with van der Waals surface area (Å²) in [4.78, 5) is 4.52. The fraction of sp³-hybridized carbons (Fsp3) is 0.350. The zero-order valence-corrected chi connectivity index (χ0v) is 20.0. The Kier molecular flexibility index (Phi) is 11.4. The van der Waals surface area contributed by atoms with Crippen molar-refractivity contribution >= 4 is 47.2 Å². The summed E-state index contributed by atoms with van der Waals surface area (Å²) in [7, 11) is 4.72. The summed E-state index contributed by atoms with van der Waals surface area (Å²) >= 11 is 6.09. The van der Waals surface area contributed by atoms with Gasteiger partial charge in [0, 0.05) is 24.4 Å². The molecule has 29 heavy (non-hydrogen) atoms. The predicted octanol–water partition coefficient (Wildman–Crippen LogP) is 4.44. The second-order valence-electron chi connectivity index (χ2n) is 5.58. The second-order valence-corrected chi connectivity index (χ2v) is 5.99. The van der Waals surface area contributed by atoms with Gasteiger partial charge in [0.25, 0.3) is 0 Å². The molecule has 2 aromatic rings. The lowest BCUT2D eigenvalue weighted by Crippen LogP contribution is -2.31. The van der Waals surface area contributed by atoms with Crippen molar-refractivity contribution in [1.82, 2.24) is 5.32 Å². The molecule has 0 atom stereocenters. The van der Waals surface area contributed by atoms with E-state index in [0.29, 0.717) is 53.7 Å². The molecule has 0 amide bonds. The summed E-state index contributed by atoms with van der Waals surface area (Å²) in [5.74, 6) is 2.90. The van der Waals surface area contributed by atoms with Crippen molar-refractivity contribution in [3.63, 3.8) is 0 Å².